The second-order valence-electron chi connectivity index (χ2n) is 7.54. The number of rotatable bonds is 7. The van der Waals surface area contributed by atoms with E-state index < -0.39 is 10.9 Å². The first-order valence-electron chi connectivity index (χ1n) is 9.98. The second kappa shape index (κ2) is 8.75. The van der Waals surface area contributed by atoms with Gasteiger partial charge in [0.1, 0.15) is 12.4 Å². The molecule has 32 heavy (non-hydrogen) atoms. The molecule has 0 aromatic heterocycles. The maximum Gasteiger partial charge on any atom is 0.306 e. The van der Waals surface area contributed by atoms with Crippen LogP contribution < -0.4 is 4.74 Å². The number of carbonyl (C=O) groups is 3. The van der Waals surface area contributed by atoms with Gasteiger partial charge in [0.25, 0.3) is 17.5 Å². The van der Waals surface area contributed by atoms with Crippen LogP contribution in [-0.2, 0) is 27.5 Å². The van der Waals surface area contributed by atoms with Gasteiger partial charge in [-0.15, -0.1) is 0 Å². The van der Waals surface area contributed by atoms with E-state index >= 15 is 0 Å². The predicted molar refractivity (Wildman–Crippen MR) is 109 cm³/mol. The van der Waals surface area contributed by atoms with Crippen LogP contribution in [0, 0.1) is 17.0 Å². The van der Waals surface area contributed by atoms with Gasteiger partial charge in [0.15, 0.2) is 6.79 Å². The third kappa shape index (κ3) is 4.17. The van der Waals surface area contributed by atoms with Crippen molar-refractivity contribution in [1.29, 1.82) is 0 Å². The van der Waals surface area contributed by atoms with E-state index in [4.69, 9.17) is 14.2 Å². The lowest BCUT2D eigenvalue weighted by Crippen LogP contribution is -2.31. The minimum absolute atomic E-state index is 0.00552. The van der Waals surface area contributed by atoms with Gasteiger partial charge in [0.05, 0.1) is 22.7 Å². The first kappa shape index (κ1) is 21.4. The molecule has 166 valence electrons. The van der Waals surface area contributed by atoms with E-state index in [1.807, 2.05) is 6.92 Å². The van der Waals surface area contributed by atoms with Crippen molar-refractivity contribution in [2.24, 2.45) is 0 Å². The van der Waals surface area contributed by atoms with Gasteiger partial charge in [0.2, 0.25) is 0 Å². The summed E-state index contributed by atoms with van der Waals surface area (Å²) < 4.78 is 15.8. The molecule has 4 rings (SSSR count). The summed E-state index contributed by atoms with van der Waals surface area (Å²) in [6.07, 6.45) is 0.216. The molecule has 2 aliphatic rings. The molecule has 2 amide bonds. The number of non-ortho nitro benzene ring substituents is 1. The Morgan fingerprint density at radius 2 is 1.97 bits per heavy atom. The van der Waals surface area contributed by atoms with Crippen molar-refractivity contribution < 1.29 is 33.5 Å². The maximum absolute atomic E-state index is 12.5. The highest BCUT2D eigenvalue weighted by atomic mass is 16.7. The number of nitro groups is 1. The van der Waals surface area contributed by atoms with Crippen LogP contribution >= 0.6 is 0 Å². The minimum Gasteiger partial charge on any atom is -0.467 e. The summed E-state index contributed by atoms with van der Waals surface area (Å²) in [6, 6.07) is 7.75. The topological polar surface area (TPSA) is 125 Å². The summed E-state index contributed by atoms with van der Waals surface area (Å²) in [5, 5.41) is 11.2. The Bertz CT molecular complexity index is 1130. The van der Waals surface area contributed by atoms with E-state index in [1.54, 1.807) is 18.2 Å². The van der Waals surface area contributed by atoms with Crippen molar-refractivity contribution in [3.05, 3.63) is 68.3 Å². The van der Waals surface area contributed by atoms with E-state index in [9.17, 15) is 24.5 Å². The molecule has 10 heteroatoms. The fourth-order valence-electron chi connectivity index (χ4n) is 3.71. The average Bonchev–Trinajstić information content (AvgIpc) is 3.01. The molecule has 2 aromatic carbocycles. The number of benzene rings is 2. The molecule has 0 saturated heterocycles. The number of amides is 2. The quantitative estimate of drug-likeness (QED) is 0.278. The third-order valence-corrected chi connectivity index (χ3v) is 5.26. The Hall–Kier alpha value is -3.79. The number of ether oxygens (including phenoxy) is 3. The molecule has 0 saturated carbocycles. The number of hydrogen-bond donors (Lipinski definition) is 0. The lowest BCUT2D eigenvalue weighted by Gasteiger charge is -2.20. The van der Waals surface area contributed by atoms with E-state index in [0.717, 1.165) is 10.5 Å². The molecule has 0 bridgehead atoms. The SMILES string of the molecule is Cc1ccc2c(c1)C(=O)N(CCCC(=O)OCc1cc([N+](=O)[O-])cc3c1OCOC3)C2=O. The Morgan fingerprint density at radius 1 is 1.19 bits per heavy atom. The van der Waals surface area contributed by atoms with Gasteiger partial charge in [-0.3, -0.25) is 29.4 Å². The molecule has 2 heterocycles. The Kier molecular flexibility index (Phi) is 5.87. The Balaban J connectivity index is 1.33. The first-order chi connectivity index (χ1) is 15.3. The van der Waals surface area contributed by atoms with Crippen LogP contribution in [0.1, 0.15) is 50.2 Å². The van der Waals surface area contributed by atoms with Crippen molar-refractivity contribution in [2.45, 2.75) is 33.0 Å². The van der Waals surface area contributed by atoms with Crippen LogP contribution in [0.15, 0.2) is 30.3 Å². The van der Waals surface area contributed by atoms with Crippen LogP contribution in [0.4, 0.5) is 5.69 Å². The van der Waals surface area contributed by atoms with Gasteiger partial charge in [-0.2, -0.15) is 0 Å². The number of esters is 1. The van der Waals surface area contributed by atoms with E-state index in [-0.39, 0.29) is 56.9 Å². The summed E-state index contributed by atoms with van der Waals surface area (Å²) in [4.78, 5) is 48.9. The van der Waals surface area contributed by atoms with E-state index in [2.05, 4.69) is 0 Å². The van der Waals surface area contributed by atoms with Crippen LogP contribution in [0.5, 0.6) is 5.75 Å². The second-order valence-corrected chi connectivity index (χ2v) is 7.54. The average molecular weight is 440 g/mol. The molecule has 0 spiro atoms. The fraction of sp³-hybridized carbons (Fsp3) is 0.318. The first-order valence-corrected chi connectivity index (χ1v) is 9.98. The summed E-state index contributed by atoms with van der Waals surface area (Å²) in [5.74, 6) is -0.883. The monoisotopic (exact) mass is 440 g/mol. The van der Waals surface area contributed by atoms with Crippen molar-refractivity contribution in [3.8, 4) is 5.75 Å². The highest BCUT2D eigenvalue weighted by molar-refractivity contribution is 6.21. The number of hydrogen-bond acceptors (Lipinski definition) is 8. The molecule has 2 aromatic rings. The van der Waals surface area contributed by atoms with Crippen LogP contribution in [0.2, 0.25) is 0 Å². The highest BCUT2D eigenvalue weighted by Gasteiger charge is 2.35. The number of fused-ring (bicyclic) bond motifs is 2. The third-order valence-electron chi connectivity index (χ3n) is 5.26. The summed E-state index contributed by atoms with van der Waals surface area (Å²) >= 11 is 0. The summed E-state index contributed by atoms with van der Waals surface area (Å²) in [6.45, 7) is 1.90. The fourth-order valence-corrected chi connectivity index (χ4v) is 3.71. The number of carbonyl (C=O) groups excluding carboxylic acids is 3. The maximum atomic E-state index is 12.5. The van der Waals surface area contributed by atoms with Crippen LogP contribution in [0.3, 0.4) is 0 Å². The molecule has 2 aliphatic heterocycles. The predicted octanol–water partition coefficient (Wildman–Crippen LogP) is 2.89. The molecular formula is C22H20N2O8. The molecule has 0 unspecified atom stereocenters. The number of aryl methyl sites for hydroxylation is 1. The van der Waals surface area contributed by atoms with E-state index in [0.29, 0.717) is 28.0 Å². The normalized spacial score (nSPS) is 14.6. The van der Waals surface area contributed by atoms with Gasteiger partial charge in [0, 0.05) is 36.2 Å². The van der Waals surface area contributed by atoms with Crippen LogP contribution in [0.25, 0.3) is 0 Å². The van der Waals surface area contributed by atoms with Gasteiger partial charge in [-0.05, 0) is 25.5 Å². The van der Waals surface area contributed by atoms with Gasteiger partial charge < -0.3 is 14.2 Å². The molecule has 0 N–H and O–H groups in total. The summed E-state index contributed by atoms with van der Waals surface area (Å²) in [5.41, 5.74) is 2.36. The highest BCUT2D eigenvalue weighted by Crippen LogP contribution is 2.33. The van der Waals surface area contributed by atoms with Crippen molar-refractivity contribution in [2.75, 3.05) is 13.3 Å². The smallest absolute Gasteiger partial charge is 0.306 e. The molecule has 0 aliphatic carbocycles. The lowest BCUT2D eigenvalue weighted by atomic mass is 10.1. The summed E-state index contributed by atoms with van der Waals surface area (Å²) in [7, 11) is 0. The van der Waals surface area contributed by atoms with Crippen molar-refractivity contribution in [1.82, 2.24) is 4.90 Å². The van der Waals surface area contributed by atoms with Gasteiger partial charge in [-0.25, -0.2) is 0 Å². The zero-order valence-corrected chi connectivity index (χ0v) is 17.3. The van der Waals surface area contributed by atoms with Crippen molar-refractivity contribution >= 4 is 23.5 Å². The van der Waals surface area contributed by atoms with Crippen molar-refractivity contribution in [3.63, 3.8) is 0 Å². The Labute approximate surface area is 182 Å². The van der Waals surface area contributed by atoms with Crippen LogP contribution in [-0.4, -0.2) is 40.9 Å². The molecule has 0 fully saturated rings. The molecule has 0 atom stereocenters. The molecular weight excluding hydrogens is 420 g/mol. The van der Waals surface area contributed by atoms with Gasteiger partial charge in [-0.1, -0.05) is 11.6 Å². The zero-order valence-electron chi connectivity index (χ0n) is 17.3. The van der Waals surface area contributed by atoms with Gasteiger partial charge >= 0.3 is 5.97 Å². The number of imide groups is 1. The minimum atomic E-state index is -0.551. The molecule has 10 nitrogen and oxygen atoms in total. The lowest BCUT2D eigenvalue weighted by molar-refractivity contribution is -0.385. The molecule has 0 radical (unpaired) electrons. The Morgan fingerprint density at radius 3 is 2.75 bits per heavy atom. The standard InChI is InChI=1S/C22H20N2O8/c1-13-4-5-17-18(7-13)22(27)23(21(17)26)6-2-3-19(25)31-11-15-9-16(24(28)29)8-14-10-30-12-32-20(14)15/h4-5,7-9H,2-3,6,10-12H2,1H3. The van der Waals surface area contributed by atoms with E-state index in [1.165, 1.54) is 12.1 Å². The number of nitrogens with zero attached hydrogens (tertiary/aromatic N) is 2. The number of nitro benzene ring substituents is 1. The zero-order chi connectivity index (χ0) is 22.8. The largest absolute Gasteiger partial charge is 0.467 e.